The molecule has 0 rings (SSSR count). The van der Waals surface area contributed by atoms with Gasteiger partial charge in [0.05, 0.1) is 0 Å². The molecule has 4 N–H and O–H groups in total. The second kappa shape index (κ2) is 15.4. The molecule has 120 valence electrons. The van der Waals surface area contributed by atoms with Gasteiger partial charge in [0.2, 0.25) is 0 Å². The second-order valence-electron chi connectivity index (χ2n) is 3.39. The lowest BCUT2D eigenvalue weighted by Gasteiger charge is -1.92. The van der Waals surface area contributed by atoms with Crippen molar-refractivity contribution in [1.82, 2.24) is 0 Å². The summed E-state index contributed by atoms with van der Waals surface area (Å²) in [7, 11) is 0. The maximum absolute atomic E-state index is 9.90. The monoisotopic (exact) mass is 304 g/mol. The van der Waals surface area contributed by atoms with Gasteiger partial charge in [0, 0.05) is 25.0 Å². The highest BCUT2D eigenvalue weighted by Gasteiger charge is 1.99. The minimum atomic E-state index is -1.10. The van der Waals surface area contributed by atoms with E-state index in [0.717, 1.165) is 24.3 Å². The van der Waals surface area contributed by atoms with Crippen LogP contribution in [0.4, 0.5) is 0 Å². The molecule has 0 aliphatic rings. The van der Waals surface area contributed by atoms with E-state index in [-0.39, 0.29) is 20.3 Å². The van der Waals surface area contributed by atoms with E-state index >= 15 is 0 Å². The van der Waals surface area contributed by atoms with Gasteiger partial charge in [-0.1, -0.05) is 19.6 Å². The summed E-state index contributed by atoms with van der Waals surface area (Å²) in [6.07, 6.45) is 4.98. The highest BCUT2D eigenvalue weighted by molar-refractivity contribution is 5.82. The summed E-state index contributed by atoms with van der Waals surface area (Å²) >= 11 is 0. The van der Waals surface area contributed by atoms with Crippen LogP contribution in [0.25, 0.3) is 0 Å². The fraction of sp³-hybridized carbons (Fsp3) is 0.385. The third kappa shape index (κ3) is 31.7. The molecule has 0 amide bonds. The first-order chi connectivity index (χ1) is 9.25. The van der Waals surface area contributed by atoms with E-state index in [1.165, 1.54) is 0 Å². The van der Waals surface area contributed by atoms with Crippen LogP contribution in [0.3, 0.4) is 0 Å². The van der Waals surface area contributed by atoms with Crippen LogP contribution in [0.2, 0.25) is 0 Å². The smallest absolute Gasteiger partial charge is 0.328 e. The topological polar surface area (TPSA) is 149 Å². The van der Waals surface area contributed by atoms with E-state index < -0.39 is 23.9 Å². The number of aliphatic carboxylic acids is 4. The van der Waals surface area contributed by atoms with Crippen LogP contribution in [0, 0.1) is 0 Å². The molecule has 0 aliphatic heterocycles. The van der Waals surface area contributed by atoms with E-state index in [2.05, 4.69) is 0 Å². The molecule has 0 bridgehead atoms. The van der Waals surface area contributed by atoms with Gasteiger partial charge in [-0.25, -0.2) is 9.59 Å². The normalized spacial score (nSPS) is 9.52. The van der Waals surface area contributed by atoms with Gasteiger partial charge in [0.1, 0.15) is 0 Å². The molecule has 0 fully saturated rings. The molecule has 0 saturated heterocycles. The van der Waals surface area contributed by atoms with Crippen LogP contribution in [0.5, 0.6) is 0 Å². The first-order valence-corrected chi connectivity index (χ1v) is 5.50. The number of hydrogen-bond donors (Lipinski definition) is 4. The van der Waals surface area contributed by atoms with Gasteiger partial charge in [0.25, 0.3) is 0 Å². The third-order valence-electron chi connectivity index (χ3n) is 1.62. The molecular weight excluding hydrogens is 284 g/mol. The predicted octanol–water partition coefficient (Wildman–Crippen LogP) is 1.62. The predicted molar refractivity (Wildman–Crippen MR) is 74.0 cm³/mol. The molecule has 21 heavy (non-hydrogen) atoms. The Morgan fingerprint density at radius 1 is 0.667 bits per heavy atom. The van der Waals surface area contributed by atoms with Crippen molar-refractivity contribution < 1.29 is 39.6 Å². The van der Waals surface area contributed by atoms with Gasteiger partial charge in [-0.3, -0.25) is 9.59 Å². The van der Waals surface area contributed by atoms with Crippen LogP contribution in [0.1, 0.15) is 33.1 Å². The van der Waals surface area contributed by atoms with Gasteiger partial charge in [-0.15, -0.1) is 0 Å². The van der Waals surface area contributed by atoms with E-state index in [1.54, 1.807) is 0 Å². The molecule has 8 nitrogen and oxygen atoms in total. The molecule has 0 heterocycles. The van der Waals surface area contributed by atoms with Crippen molar-refractivity contribution in [2.45, 2.75) is 33.1 Å². The molecule has 0 aromatic carbocycles. The van der Waals surface area contributed by atoms with Crippen LogP contribution < -0.4 is 0 Å². The maximum atomic E-state index is 9.90. The van der Waals surface area contributed by atoms with Crippen molar-refractivity contribution in [3.05, 3.63) is 24.3 Å². The number of allylic oxidation sites excluding steroid dienone is 2. The molecule has 0 aromatic heterocycles. The molecule has 0 aliphatic carbocycles. The Hall–Kier alpha value is -2.64. The molecule has 0 unspecified atom stereocenters. The number of unbranched alkanes of at least 4 members (excludes halogenated alkanes) is 1. The number of carbonyl (C=O) groups is 4. The lowest BCUT2D eigenvalue weighted by molar-refractivity contribution is -0.139. The van der Waals surface area contributed by atoms with E-state index in [4.69, 9.17) is 20.4 Å². The van der Waals surface area contributed by atoms with E-state index in [0.29, 0.717) is 12.8 Å². The summed E-state index contributed by atoms with van der Waals surface area (Å²) in [6, 6.07) is 0. The summed E-state index contributed by atoms with van der Waals surface area (Å²) in [5, 5.41) is 32.3. The molecule has 0 radical (unpaired) electrons. The Labute approximate surface area is 122 Å². The second-order valence-corrected chi connectivity index (χ2v) is 3.39. The molecular formula is C13H20O8. The van der Waals surface area contributed by atoms with Gasteiger partial charge in [0.15, 0.2) is 0 Å². The average molecular weight is 304 g/mol. The Balaban J connectivity index is -0.000000295. The summed E-state index contributed by atoms with van der Waals surface area (Å²) in [5.74, 6) is -3.94. The van der Waals surface area contributed by atoms with Crippen molar-refractivity contribution in [1.29, 1.82) is 0 Å². The van der Waals surface area contributed by atoms with Gasteiger partial charge < -0.3 is 20.4 Å². The number of hydrogen-bond acceptors (Lipinski definition) is 4. The zero-order valence-corrected chi connectivity index (χ0v) is 10.6. The van der Waals surface area contributed by atoms with Gasteiger partial charge in [-0.2, -0.15) is 0 Å². The molecule has 0 aromatic rings. The largest absolute Gasteiger partial charge is 0.481 e. The minimum Gasteiger partial charge on any atom is -0.481 e. The third-order valence-corrected chi connectivity index (χ3v) is 1.62. The van der Waals surface area contributed by atoms with Crippen LogP contribution in [0.15, 0.2) is 24.3 Å². The van der Waals surface area contributed by atoms with Crippen LogP contribution >= 0.6 is 0 Å². The summed E-state index contributed by atoms with van der Waals surface area (Å²) in [4.78, 5) is 39.3. The van der Waals surface area contributed by atoms with Gasteiger partial charge >= 0.3 is 23.9 Å². The van der Waals surface area contributed by atoms with Crippen LogP contribution in [-0.2, 0) is 19.2 Å². The first-order valence-electron chi connectivity index (χ1n) is 5.50. The van der Waals surface area contributed by atoms with Crippen molar-refractivity contribution >= 4 is 23.9 Å². The van der Waals surface area contributed by atoms with E-state index in [9.17, 15) is 19.2 Å². The number of carboxylic acids is 4. The van der Waals surface area contributed by atoms with Crippen molar-refractivity contribution in [2.24, 2.45) is 0 Å². The lowest BCUT2D eigenvalue weighted by Crippen LogP contribution is -1.97. The van der Waals surface area contributed by atoms with Gasteiger partial charge in [-0.05, 0) is 12.8 Å². The molecule has 0 spiro atoms. The Morgan fingerprint density at radius 3 is 1.14 bits per heavy atom. The summed E-state index contributed by atoms with van der Waals surface area (Å²) in [5.41, 5.74) is 0. The van der Waals surface area contributed by atoms with Crippen LogP contribution in [-0.4, -0.2) is 44.3 Å². The minimum absolute atomic E-state index is 0. The Morgan fingerprint density at radius 2 is 0.952 bits per heavy atom. The zero-order valence-electron chi connectivity index (χ0n) is 10.6. The molecule has 8 heteroatoms. The zero-order chi connectivity index (χ0) is 16.0. The fourth-order valence-electron chi connectivity index (χ4n) is 0.828. The quantitative estimate of drug-likeness (QED) is 0.300. The maximum Gasteiger partial charge on any atom is 0.328 e. The van der Waals surface area contributed by atoms with Crippen molar-refractivity contribution in [3.63, 3.8) is 0 Å². The van der Waals surface area contributed by atoms with E-state index in [1.807, 2.05) is 0 Å². The fourth-order valence-corrected chi connectivity index (χ4v) is 0.828. The highest BCUT2D eigenvalue weighted by atomic mass is 16.4. The summed E-state index contributed by atoms with van der Waals surface area (Å²) < 4.78 is 0. The molecule has 0 saturated carbocycles. The van der Waals surface area contributed by atoms with Crippen molar-refractivity contribution in [2.75, 3.05) is 0 Å². The summed E-state index contributed by atoms with van der Waals surface area (Å²) in [6.45, 7) is 0. The first kappa shape index (κ1) is 23.5. The Bertz CT molecular complexity index is 357. The standard InChI is InChI=1S/C6H10O4.C6H6O4.CH4/c2*7-5(8)3-1-2-4-6(9)10;/h1-4H2,(H,7,8)(H,9,10);1-4H,(H,7,8)(H,9,10);1H4/b;3-1-,4-2-;. The highest BCUT2D eigenvalue weighted by Crippen LogP contribution is 1.98. The Kier molecular flexibility index (Phi) is 17.2. The average Bonchev–Trinajstić information content (AvgIpc) is 2.30. The lowest BCUT2D eigenvalue weighted by atomic mass is 10.2. The SMILES string of the molecule is C.O=C(O)/C=C\C=C/C(=O)O.O=C(O)CCCCC(=O)O. The van der Waals surface area contributed by atoms with Crippen molar-refractivity contribution in [3.8, 4) is 0 Å². The number of rotatable bonds is 8. The number of carboxylic acid groups (broad SMARTS) is 4. The molecule has 0 atom stereocenters.